The normalized spacial score (nSPS) is 22.9. The second-order valence-corrected chi connectivity index (χ2v) is 5.53. The quantitative estimate of drug-likeness (QED) is 0.800. The average Bonchev–Trinajstić information content (AvgIpc) is 2.66. The minimum absolute atomic E-state index is 0.662. The summed E-state index contributed by atoms with van der Waals surface area (Å²) in [6.45, 7) is 3.28. The Morgan fingerprint density at radius 2 is 2.47 bits per heavy atom. The molecule has 0 saturated carbocycles. The molecule has 0 saturated heterocycles. The molecule has 4 heteroatoms. The molecule has 0 N–H and O–H groups in total. The van der Waals surface area contributed by atoms with Gasteiger partial charge in [0.05, 0.1) is 5.69 Å². The van der Waals surface area contributed by atoms with Gasteiger partial charge < -0.3 is 0 Å². The Morgan fingerprint density at radius 3 is 3.07 bits per heavy atom. The van der Waals surface area contributed by atoms with Crippen molar-refractivity contribution in [1.29, 1.82) is 0 Å². The van der Waals surface area contributed by atoms with Gasteiger partial charge in [-0.1, -0.05) is 13.0 Å². The zero-order chi connectivity index (χ0) is 10.8. The third-order valence-electron chi connectivity index (χ3n) is 3.00. The monoisotopic (exact) mass is 240 g/mol. The maximum atomic E-state index is 4.42. The third-order valence-corrected chi connectivity index (χ3v) is 4.06. The van der Waals surface area contributed by atoms with Gasteiger partial charge in [-0.3, -0.25) is 4.90 Å². The average molecular weight is 240 g/mol. The fraction of sp³-hybridized carbons (Fsp3) is 0.545. The summed E-state index contributed by atoms with van der Waals surface area (Å²) in [5.41, 5.74) is 2.51. The fourth-order valence-electron chi connectivity index (χ4n) is 1.97. The van der Waals surface area contributed by atoms with Crippen molar-refractivity contribution >= 4 is 29.5 Å². The van der Waals surface area contributed by atoms with Gasteiger partial charge >= 0.3 is 0 Å². The van der Waals surface area contributed by atoms with Crippen LogP contribution in [0.25, 0.3) is 5.57 Å². The smallest absolute Gasteiger partial charge is 0.147 e. The molecule has 0 amide bonds. The van der Waals surface area contributed by atoms with Crippen LogP contribution in [0, 0.1) is 0 Å². The number of hydrogen-bond acceptors (Lipinski definition) is 4. The van der Waals surface area contributed by atoms with Crippen molar-refractivity contribution in [2.24, 2.45) is 0 Å². The van der Waals surface area contributed by atoms with E-state index >= 15 is 0 Å². The summed E-state index contributed by atoms with van der Waals surface area (Å²) in [7, 11) is 2.19. The SMILES string of the molecule is CC[C@@H]1CC(c2csc(S)n2)=CCN1C. The number of nitrogens with zero attached hydrogens (tertiary/aromatic N) is 2. The van der Waals surface area contributed by atoms with Gasteiger partial charge in [0.25, 0.3) is 0 Å². The molecule has 2 nitrogen and oxygen atoms in total. The first-order valence-electron chi connectivity index (χ1n) is 5.25. The molecule has 15 heavy (non-hydrogen) atoms. The van der Waals surface area contributed by atoms with Crippen molar-refractivity contribution in [3.05, 3.63) is 17.2 Å². The first-order chi connectivity index (χ1) is 7.20. The van der Waals surface area contributed by atoms with Crippen LogP contribution in [0.2, 0.25) is 0 Å². The molecule has 0 fully saturated rings. The Bertz CT molecular complexity index is 370. The summed E-state index contributed by atoms with van der Waals surface area (Å²) >= 11 is 5.86. The lowest BCUT2D eigenvalue weighted by Crippen LogP contribution is -2.34. The Hall–Kier alpha value is -0.320. The zero-order valence-corrected chi connectivity index (χ0v) is 10.8. The van der Waals surface area contributed by atoms with E-state index in [1.54, 1.807) is 11.3 Å². The lowest BCUT2D eigenvalue weighted by molar-refractivity contribution is 0.254. The molecule has 0 spiro atoms. The van der Waals surface area contributed by atoms with Crippen LogP contribution in [0.1, 0.15) is 25.5 Å². The molecule has 0 radical (unpaired) electrons. The molecule has 0 aliphatic carbocycles. The Balaban J connectivity index is 2.17. The molecular formula is C11H16N2S2. The van der Waals surface area contributed by atoms with E-state index in [1.807, 2.05) is 0 Å². The van der Waals surface area contributed by atoms with E-state index < -0.39 is 0 Å². The fourth-order valence-corrected chi connectivity index (χ4v) is 2.81. The Labute approximate surface area is 100 Å². The second kappa shape index (κ2) is 4.68. The molecule has 0 aromatic carbocycles. The predicted molar refractivity (Wildman–Crippen MR) is 68.7 cm³/mol. The molecule has 1 aromatic rings. The minimum atomic E-state index is 0.662. The van der Waals surface area contributed by atoms with E-state index in [1.165, 1.54) is 12.0 Å². The Morgan fingerprint density at radius 1 is 1.67 bits per heavy atom. The topological polar surface area (TPSA) is 16.1 Å². The summed E-state index contributed by atoms with van der Waals surface area (Å²) < 4.78 is 0.859. The van der Waals surface area contributed by atoms with Crippen LogP contribution < -0.4 is 0 Å². The number of thiol groups is 1. The predicted octanol–water partition coefficient (Wildman–Crippen LogP) is 2.93. The molecule has 2 heterocycles. The molecule has 0 unspecified atom stereocenters. The van der Waals surface area contributed by atoms with Crippen molar-refractivity contribution in [2.75, 3.05) is 13.6 Å². The van der Waals surface area contributed by atoms with Crippen molar-refractivity contribution in [2.45, 2.75) is 30.1 Å². The number of rotatable bonds is 2. The molecule has 1 aliphatic rings. The summed E-state index contributed by atoms with van der Waals surface area (Å²) in [6.07, 6.45) is 4.60. The molecule has 2 rings (SSSR count). The van der Waals surface area contributed by atoms with Crippen LogP contribution >= 0.6 is 24.0 Å². The number of hydrogen-bond donors (Lipinski definition) is 1. The number of likely N-dealkylation sites (N-methyl/N-ethyl adjacent to an activating group) is 1. The molecule has 1 atom stereocenters. The lowest BCUT2D eigenvalue weighted by atomic mass is 9.97. The molecule has 1 aliphatic heterocycles. The summed E-state index contributed by atoms with van der Waals surface area (Å²) in [4.78, 5) is 6.82. The van der Waals surface area contributed by atoms with Gasteiger partial charge in [-0.25, -0.2) is 4.98 Å². The van der Waals surface area contributed by atoms with Gasteiger partial charge in [-0.05, 0) is 25.5 Å². The van der Waals surface area contributed by atoms with E-state index in [4.69, 9.17) is 0 Å². The van der Waals surface area contributed by atoms with E-state index in [-0.39, 0.29) is 0 Å². The first-order valence-corrected chi connectivity index (χ1v) is 6.57. The van der Waals surface area contributed by atoms with Gasteiger partial charge in [-0.15, -0.1) is 24.0 Å². The molecule has 0 bridgehead atoms. The van der Waals surface area contributed by atoms with Gasteiger partial charge in [0.1, 0.15) is 4.34 Å². The van der Waals surface area contributed by atoms with Crippen LogP contribution in [0.3, 0.4) is 0 Å². The van der Waals surface area contributed by atoms with Crippen molar-refractivity contribution in [1.82, 2.24) is 9.88 Å². The van der Waals surface area contributed by atoms with Gasteiger partial charge in [0, 0.05) is 18.0 Å². The van der Waals surface area contributed by atoms with Crippen LogP contribution in [0.5, 0.6) is 0 Å². The highest BCUT2D eigenvalue weighted by atomic mass is 32.2. The Kier molecular flexibility index (Phi) is 3.49. The second-order valence-electron chi connectivity index (χ2n) is 3.95. The van der Waals surface area contributed by atoms with Crippen molar-refractivity contribution in [3.63, 3.8) is 0 Å². The molecule has 82 valence electrons. The van der Waals surface area contributed by atoms with Crippen molar-refractivity contribution in [3.8, 4) is 0 Å². The highest BCUT2D eigenvalue weighted by molar-refractivity contribution is 7.82. The molecule has 1 aromatic heterocycles. The standard InChI is InChI=1S/C11H16N2S2/c1-3-9-6-8(4-5-13(9)2)10-7-15-11(14)12-10/h4,7,9H,3,5-6H2,1-2H3,(H,12,14)/t9-/m1/s1. The summed E-state index contributed by atoms with van der Waals surface area (Å²) in [5, 5.41) is 2.10. The maximum Gasteiger partial charge on any atom is 0.147 e. The van der Waals surface area contributed by atoms with Crippen LogP contribution in [-0.2, 0) is 0 Å². The van der Waals surface area contributed by atoms with E-state index in [9.17, 15) is 0 Å². The first kappa shape index (κ1) is 11.2. The maximum absolute atomic E-state index is 4.42. The van der Waals surface area contributed by atoms with Gasteiger partial charge in [-0.2, -0.15) is 0 Å². The van der Waals surface area contributed by atoms with E-state index in [0.29, 0.717) is 6.04 Å². The van der Waals surface area contributed by atoms with E-state index in [0.717, 1.165) is 23.0 Å². The summed E-state index contributed by atoms with van der Waals surface area (Å²) in [6, 6.07) is 0.662. The number of aromatic nitrogens is 1. The number of thiazole rings is 1. The van der Waals surface area contributed by atoms with Gasteiger partial charge in [0.2, 0.25) is 0 Å². The van der Waals surface area contributed by atoms with E-state index in [2.05, 4.69) is 47.9 Å². The largest absolute Gasteiger partial charge is 0.299 e. The van der Waals surface area contributed by atoms with Crippen LogP contribution in [0.15, 0.2) is 15.8 Å². The van der Waals surface area contributed by atoms with Crippen LogP contribution in [-0.4, -0.2) is 29.5 Å². The summed E-state index contributed by atoms with van der Waals surface area (Å²) in [5.74, 6) is 0. The lowest BCUT2D eigenvalue weighted by Gasteiger charge is -2.31. The minimum Gasteiger partial charge on any atom is -0.299 e. The third kappa shape index (κ3) is 2.44. The molecular weight excluding hydrogens is 224 g/mol. The van der Waals surface area contributed by atoms with Crippen LogP contribution in [0.4, 0.5) is 0 Å². The highest BCUT2D eigenvalue weighted by Gasteiger charge is 2.20. The van der Waals surface area contributed by atoms with Crippen molar-refractivity contribution < 1.29 is 0 Å². The zero-order valence-electron chi connectivity index (χ0n) is 9.10. The van der Waals surface area contributed by atoms with Gasteiger partial charge in [0.15, 0.2) is 0 Å². The highest BCUT2D eigenvalue weighted by Crippen LogP contribution is 2.28.